The maximum Gasteiger partial charge on any atom is 0.306 e. The van der Waals surface area contributed by atoms with Crippen LogP contribution in [-0.2, 0) is 28.6 Å². The molecule has 0 N–H and O–H groups in total. The molecule has 0 spiro atoms. The van der Waals surface area contributed by atoms with Crippen molar-refractivity contribution in [2.75, 3.05) is 13.2 Å². The normalized spacial score (nSPS) is 12.9. The summed E-state index contributed by atoms with van der Waals surface area (Å²) in [6.45, 7) is 6.45. The van der Waals surface area contributed by atoms with Gasteiger partial charge in [-0.05, 0) is 109 Å². The van der Waals surface area contributed by atoms with Crippen LogP contribution in [0.2, 0.25) is 0 Å². The fourth-order valence-electron chi connectivity index (χ4n) is 8.50. The van der Waals surface area contributed by atoms with Crippen molar-refractivity contribution in [3.63, 3.8) is 0 Å². The Labute approximate surface area is 469 Å². The van der Waals surface area contributed by atoms with E-state index in [1.165, 1.54) is 89.9 Å². The molecule has 0 aliphatic rings. The van der Waals surface area contributed by atoms with Crippen LogP contribution in [0.25, 0.3) is 0 Å². The summed E-state index contributed by atoms with van der Waals surface area (Å²) in [5.41, 5.74) is 0. The van der Waals surface area contributed by atoms with Crippen LogP contribution in [-0.4, -0.2) is 37.2 Å². The van der Waals surface area contributed by atoms with Crippen molar-refractivity contribution in [1.29, 1.82) is 0 Å². The molecule has 0 bridgehead atoms. The molecule has 0 amide bonds. The first-order chi connectivity index (χ1) is 37.5. The maximum absolute atomic E-state index is 12.8. The van der Waals surface area contributed by atoms with Gasteiger partial charge in [0.15, 0.2) is 6.10 Å². The number of hydrogen-bond acceptors (Lipinski definition) is 6. The van der Waals surface area contributed by atoms with Gasteiger partial charge in [-0.2, -0.15) is 0 Å². The molecule has 1 unspecified atom stereocenters. The van der Waals surface area contributed by atoms with Crippen molar-refractivity contribution < 1.29 is 28.6 Å². The summed E-state index contributed by atoms with van der Waals surface area (Å²) >= 11 is 0. The highest BCUT2D eigenvalue weighted by Gasteiger charge is 2.19. The third-order valence-corrected chi connectivity index (χ3v) is 13.2. The quantitative estimate of drug-likeness (QED) is 0.0261. The first kappa shape index (κ1) is 71.8. The van der Waals surface area contributed by atoms with Gasteiger partial charge in [0, 0.05) is 19.3 Å². The highest BCUT2D eigenvalue weighted by Crippen LogP contribution is 2.16. The van der Waals surface area contributed by atoms with Crippen LogP contribution in [0.3, 0.4) is 0 Å². The van der Waals surface area contributed by atoms with Gasteiger partial charge in [0.2, 0.25) is 0 Å². The predicted molar refractivity (Wildman–Crippen MR) is 330 cm³/mol. The van der Waals surface area contributed by atoms with Gasteiger partial charge in [-0.3, -0.25) is 14.4 Å². The van der Waals surface area contributed by atoms with Crippen LogP contribution in [0.5, 0.6) is 0 Å². The lowest BCUT2D eigenvalue weighted by atomic mass is 10.0. The van der Waals surface area contributed by atoms with E-state index in [0.29, 0.717) is 19.3 Å². The fraction of sp³-hybridized carbons (Fsp3) is 0.671. The second-order valence-electron chi connectivity index (χ2n) is 20.6. The number of allylic oxidation sites excluding steroid dienone is 20. The Morgan fingerprint density at radius 2 is 0.539 bits per heavy atom. The van der Waals surface area contributed by atoms with E-state index >= 15 is 0 Å². The number of hydrogen-bond donors (Lipinski definition) is 0. The Hall–Kier alpha value is -4.19. The topological polar surface area (TPSA) is 78.9 Å². The molecule has 0 saturated heterocycles. The van der Waals surface area contributed by atoms with Gasteiger partial charge >= 0.3 is 17.9 Å². The zero-order chi connectivity index (χ0) is 55.0. The smallest absolute Gasteiger partial charge is 0.306 e. The monoisotopic (exact) mass is 1050 g/mol. The van der Waals surface area contributed by atoms with Crippen LogP contribution in [0.4, 0.5) is 0 Å². The SMILES string of the molecule is CC/C=C\C/C=C\C/C=C\C/C=C\C/C=C\C/C=C\C/C=C\C/C=C\C/C=C\CCCCCCCC(=O)OCC(COC(=O)CCCCCCC/C=C\CCC)OC(=O)CCCCCCCCCCCCCCCCC. The minimum atomic E-state index is -0.789. The van der Waals surface area contributed by atoms with E-state index < -0.39 is 6.10 Å². The van der Waals surface area contributed by atoms with E-state index in [0.717, 1.165) is 154 Å². The molecule has 0 aromatic heterocycles. The molecule has 432 valence electrons. The molecule has 0 rings (SSSR count). The molecule has 0 aliphatic heterocycles. The first-order valence-electron chi connectivity index (χ1n) is 31.5. The van der Waals surface area contributed by atoms with Crippen molar-refractivity contribution in [3.05, 3.63) is 122 Å². The van der Waals surface area contributed by atoms with Crippen LogP contribution in [0.15, 0.2) is 122 Å². The minimum Gasteiger partial charge on any atom is -0.462 e. The summed E-state index contributed by atoms with van der Waals surface area (Å²) < 4.78 is 16.8. The Morgan fingerprint density at radius 1 is 0.276 bits per heavy atom. The molecule has 76 heavy (non-hydrogen) atoms. The average molecular weight is 1050 g/mol. The first-order valence-corrected chi connectivity index (χ1v) is 31.5. The van der Waals surface area contributed by atoms with E-state index in [1.54, 1.807) is 0 Å². The number of rotatable bonds is 56. The Kier molecular flexibility index (Phi) is 59.9. The van der Waals surface area contributed by atoms with Gasteiger partial charge in [-0.15, -0.1) is 0 Å². The van der Waals surface area contributed by atoms with Gasteiger partial charge in [-0.1, -0.05) is 277 Å². The standard InChI is InChI=1S/C70H116O6/c1-4-7-10-13-16-19-22-24-26-27-28-29-30-31-32-33-34-35-36-37-38-39-40-41-42-43-45-46-48-51-54-57-60-63-69(72)75-66-67(65-74-68(71)62-59-56-53-50-21-18-15-12-9-6-3)76-70(73)64-61-58-55-52-49-47-44-25-23-20-17-14-11-8-5-2/h7,10,12,15-16,19,24,26,28-29,31-32,34-35,37-38,40-41,43,45,67H,4-6,8-9,11,13-14,17-18,20-23,25,27,30,33,36,39,42,44,46-66H2,1-3H3/b10-7-,15-12-,19-16-,26-24-,29-28-,32-31-,35-34-,38-37-,41-40-,45-43-. The highest BCUT2D eigenvalue weighted by atomic mass is 16.6. The van der Waals surface area contributed by atoms with Gasteiger partial charge in [0.05, 0.1) is 0 Å². The molecule has 0 fully saturated rings. The molecule has 0 aromatic carbocycles. The number of carbonyl (C=O) groups is 3. The van der Waals surface area contributed by atoms with Gasteiger partial charge in [0.1, 0.15) is 13.2 Å². The van der Waals surface area contributed by atoms with Crippen molar-refractivity contribution in [1.82, 2.24) is 0 Å². The predicted octanol–water partition coefficient (Wildman–Crippen LogP) is 21.6. The van der Waals surface area contributed by atoms with Gasteiger partial charge in [-0.25, -0.2) is 0 Å². The van der Waals surface area contributed by atoms with Crippen molar-refractivity contribution in [2.24, 2.45) is 0 Å². The Morgan fingerprint density at radius 3 is 0.868 bits per heavy atom. The van der Waals surface area contributed by atoms with Crippen molar-refractivity contribution >= 4 is 17.9 Å². The van der Waals surface area contributed by atoms with E-state index in [-0.39, 0.29) is 31.1 Å². The lowest BCUT2D eigenvalue weighted by molar-refractivity contribution is -0.167. The molecule has 6 heteroatoms. The summed E-state index contributed by atoms with van der Waals surface area (Å²) in [6, 6.07) is 0. The van der Waals surface area contributed by atoms with Crippen LogP contribution in [0.1, 0.15) is 284 Å². The minimum absolute atomic E-state index is 0.0881. The zero-order valence-corrected chi connectivity index (χ0v) is 49.5. The fourth-order valence-corrected chi connectivity index (χ4v) is 8.50. The van der Waals surface area contributed by atoms with E-state index in [9.17, 15) is 14.4 Å². The number of esters is 3. The molecular formula is C70H116O6. The summed E-state index contributed by atoms with van der Waals surface area (Å²) in [5, 5.41) is 0. The summed E-state index contributed by atoms with van der Waals surface area (Å²) in [4.78, 5) is 38.1. The van der Waals surface area contributed by atoms with Crippen LogP contribution in [0, 0.1) is 0 Å². The van der Waals surface area contributed by atoms with Gasteiger partial charge < -0.3 is 14.2 Å². The number of ether oxygens (including phenoxy) is 3. The molecule has 1 atom stereocenters. The van der Waals surface area contributed by atoms with Crippen LogP contribution < -0.4 is 0 Å². The Balaban J connectivity index is 4.25. The molecule has 6 nitrogen and oxygen atoms in total. The lowest BCUT2D eigenvalue weighted by Crippen LogP contribution is -2.30. The van der Waals surface area contributed by atoms with Crippen molar-refractivity contribution in [2.45, 2.75) is 290 Å². The van der Waals surface area contributed by atoms with Crippen LogP contribution >= 0.6 is 0 Å². The molecule has 0 aliphatic carbocycles. The second kappa shape index (κ2) is 63.3. The van der Waals surface area contributed by atoms with Gasteiger partial charge in [0.25, 0.3) is 0 Å². The van der Waals surface area contributed by atoms with E-state index in [1.807, 2.05) is 0 Å². The maximum atomic E-state index is 12.8. The van der Waals surface area contributed by atoms with E-state index in [2.05, 4.69) is 142 Å². The molecule has 0 saturated carbocycles. The number of unbranched alkanes of at least 4 members (excludes halogenated alkanes) is 25. The zero-order valence-electron chi connectivity index (χ0n) is 49.5. The largest absolute Gasteiger partial charge is 0.462 e. The third kappa shape index (κ3) is 60.7. The summed E-state index contributed by atoms with van der Waals surface area (Å²) in [7, 11) is 0. The Bertz CT molecular complexity index is 1590. The van der Waals surface area contributed by atoms with Crippen molar-refractivity contribution in [3.8, 4) is 0 Å². The molecule has 0 aromatic rings. The second-order valence-corrected chi connectivity index (χ2v) is 20.6. The van der Waals surface area contributed by atoms with E-state index in [4.69, 9.17) is 14.2 Å². The average Bonchev–Trinajstić information content (AvgIpc) is 3.42. The third-order valence-electron chi connectivity index (χ3n) is 13.2. The molecule has 0 heterocycles. The molecule has 0 radical (unpaired) electrons. The highest BCUT2D eigenvalue weighted by molar-refractivity contribution is 5.71. The number of carbonyl (C=O) groups excluding carboxylic acids is 3. The molecular weight excluding hydrogens is 937 g/mol. The summed E-state index contributed by atoms with van der Waals surface area (Å²) in [5.74, 6) is -0.914. The lowest BCUT2D eigenvalue weighted by Gasteiger charge is -2.18. The summed E-state index contributed by atoms with van der Waals surface area (Å²) in [6.07, 6.45) is 87.8.